The molecule has 0 N–H and O–H groups in total. The van der Waals surface area contributed by atoms with Gasteiger partial charge in [0.25, 0.3) is 0 Å². The third-order valence-electron chi connectivity index (χ3n) is 7.28. The Hall–Kier alpha value is -2.04. The molecule has 2 heterocycles. The van der Waals surface area contributed by atoms with E-state index in [1.807, 2.05) is 36.9 Å². The van der Waals surface area contributed by atoms with Gasteiger partial charge in [-0.2, -0.15) is 0 Å². The molecule has 1 aromatic carbocycles. The number of para-hydroxylation sites is 1. The number of nitrogens with zero attached hydrogens (tertiary/aromatic N) is 2. The SMILES string of the molecule is CCN(CC)C(=O)C[C@@H]1CC2(CCN(C(=O)C3CCC3)CC2)Oc2ccccc21. The lowest BCUT2D eigenvalue weighted by Gasteiger charge is -2.47. The first kappa shape index (κ1) is 20.2. The number of rotatable bonds is 5. The van der Waals surface area contributed by atoms with Crippen molar-refractivity contribution in [1.29, 1.82) is 0 Å². The fourth-order valence-corrected chi connectivity index (χ4v) is 5.20. The minimum absolute atomic E-state index is 0.182. The highest BCUT2D eigenvalue weighted by Crippen LogP contribution is 2.47. The van der Waals surface area contributed by atoms with Crippen LogP contribution in [0.4, 0.5) is 0 Å². The number of carbonyl (C=O) groups excluding carboxylic acids is 2. The highest BCUT2D eigenvalue weighted by atomic mass is 16.5. The molecule has 29 heavy (non-hydrogen) atoms. The average Bonchev–Trinajstić information content (AvgIpc) is 2.68. The van der Waals surface area contributed by atoms with E-state index >= 15 is 0 Å². The molecule has 1 saturated carbocycles. The van der Waals surface area contributed by atoms with Gasteiger partial charge in [-0.25, -0.2) is 0 Å². The van der Waals surface area contributed by atoms with Gasteiger partial charge in [0.15, 0.2) is 0 Å². The smallest absolute Gasteiger partial charge is 0.225 e. The number of piperidine rings is 1. The Bertz CT molecular complexity index is 746. The lowest BCUT2D eigenvalue weighted by atomic mass is 9.75. The van der Waals surface area contributed by atoms with Gasteiger partial charge >= 0.3 is 0 Å². The summed E-state index contributed by atoms with van der Waals surface area (Å²) in [5.41, 5.74) is 0.908. The number of amides is 2. The molecule has 5 heteroatoms. The molecule has 1 aliphatic carbocycles. The molecule has 0 radical (unpaired) electrons. The van der Waals surface area contributed by atoms with E-state index in [2.05, 4.69) is 11.0 Å². The average molecular weight is 399 g/mol. The largest absolute Gasteiger partial charge is 0.487 e. The van der Waals surface area contributed by atoms with E-state index in [-0.39, 0.29) is 23.3 Å². The van der Waals surface area contributed by atoms with Gasteiger partial charge in [0.05, 0.1) is 0 Å². The van der Waals surface area contributed by atoms with Gasteiger partial charge in [0.2, 0.25) is 11.8 Å². The zero-order valence-electron chi connectivity index (χ0n) is 17.9. The minimum atomic E-state index is -0.251. The molecular weight excluding hydrogens is 364 g/mol. The maximum absolute atomic E-state index is 12.8. The van der Waals surface area contributed by atoms with Crippen LogP contribution in [0.1, 0.15) is 70.3 Å². The molecule has 1 spiro atoms. The number of ether oxygens (including phenoxy) is 1. The normalized spacial score (nSPS) is 23.1. The topological polar surface area (TPSA) is 49.9 Å². The van der Waals surface area contributed by atoms with Crippen LogP contribution in [0.15, 0.2) is 24.3 Å². The zero-order chi connectivity index (χ0) is 20.4. The summed E-state index contributed by atoms with van der Waals surface area (Å²) in [5, 5.41) is 0. The number of likely N-dealkylation sites (tertiary alicyclic amines) is 1. The van der Waals surface area contributed by atoms with Crippen LogP contribution in [0.25, 0.3) is 0 Å². The lowest BCUT2D eigenvalue weighted by Crippen LogP contribution is -2.53. The van der Waals surface area contributed by atoms with Crippen LogP contribution >= 0.6 is 0 Å². The molecule has 2 fully saturated rings. The monoisotopic (exact) mass is 398 g/mol. The molecule has 3 aliphatic rings. The maximum Gasteiger partial charge on any atom is 0.225 e. The van der Waals surface area contributed by atoms with E-state index in [0.717, 1.165) is 69.6 Å². The second-order valence-corrected chi connectivity index (χ2v) is 8.95. The molecule has 1 atom stereocenters. The summed E-state index contributed by atoms with van der Waals surface area (Å²) in [6.45, 7) is 7.13. The summed E-state index contributed by atoms with van der Waals surface area (Å²) < 4.78 is 6.55. The molecule has 2 amide bonds. The van der Waals surface area contributed by atoms with Crippen molar-refractivity contribution < 1.29 is 14.3 Å². The van der Waals surface area contributed by atoms with E-state index in [4.69, 9.17) is 4.74 Å². The van der Waals surface area contributed by atoms with Crippen molar-refractivity contribution in [3.05, 3.63) is 29.8 Å². The number of benzene rings is 1. The first-order chi connectivity index (χ1) is 14.0. The molecule has 5 nitrogen and oxygen atoms in total. The fraction of sp³-hybridized carbons (Fsp3) is 0.667. The van der Waals surface area contributed by atoms with Gasteiger partial charge in [0.1, 0.15) is 11.4 Å². The summed E-state index contributed by atoms with van der Waals surface area (Å²) in [5.74, 6) is 1.94. The van der Waals surface area contributed by atoms with Gasteiger partial charge in [0, 0.05) is 57.3 Å². The van der Waals surface area contributed by atoms with Crippen LogP contribution in [0, 0.1) is 5.92 Å². The van der Waals surface area contributed by atoms with Crippen molar-refractivity contribution in [2.45, 2.75) is 70.3 Å². The van der Waals surface area contributed by atoms with E-state index in [1.54, 1.807) is 0 Å². The Kier molecular flexibility index (Phi) is 5.84. The second-order valence-electron chi connectivity index (χ2n) is 8.95. The Labute approximate surface area is 174 Å². The predicted octanol–water partition coefficient (Wildman–Crippen LogP) is 3.97. The number of fused-ring (bicyclic) bond motifs is 1. The summed E-state index contributed by atoms with van der Waals surface area (Å²) in [4.78, 5) is 29.5. The van der Waals surface area contributed by atoms with E-state index in [0.29, 0.717) is 12.3 Å². The van der Waals surface area contributed by atoms with Gasteiger partial charge < -0.3 is 14.5 Å². The second kappa shape index (κ2) is 8.37. The molecule has 1 saturated heterocycles. The Balaban J connectivity index is 1.48. The van der Waals surface area contributed by atoms with Crippen LogP contribution < -0.4 is 4.74 Å². The van der Waals surface area contributed by atoms with Gasteiger partial charge in [-0.3, -0.25) is 9.59 Å². The predicted molar refractivity (Wildman–Crippen MR) is 113 cm³/mol. The summed E-state index contributed by atoms with van der Waals surface area (Å²) >= 11 is 0. The standard InChI is InChI=1S/C24H34N2O3/c1-3-25(4-2)22(27)16-19-17-24(29-21-11-6-5-10-20(19)21)12-14-26(15-13-24)23(28)18-8-7-9-18/h5-6,10-11,18-19H,3-4,7-9,12-17H2,1-2H3/t19-/m1/s1. The van der Waals surface area contributed by atoms with Gasteiger partial charge in [-0.1, -0.05) is 24.6 Å². The Morgan fingerprint density at radius 1 is 1.14 bits per heavy atom. The van der Waals surface area contributed by atoms with Crippen LogP contribution in [0.5, 0.6) is 5.75 Å². The molecule has 4 rings (SSSR count). The number of hydrogen-bond acceptors (Lipinski definition) is 3. The molecule has 158 valence electrons. The molecule has 0 aromatic heterocycles. The van der Waals surface area contributed by atoms with Crippen molar-refractivity contribution in [1.82, 2.24) is 9.80 Å². The Morgan fingerprint density at radius 3 is 2.45 bits per heavy atom. The Morgan fingerprint density at radius 2 is 1.83 bits per heavy atom. The highest BCUT2D eigenvalue weighted by molar-refractivity contribution is 5.79. The van der Waals surface area contributed by atoms with Gasteiger partial charge in [-0.15, -0.1) is 0 Å². The summed E-state index contributed by atoms with van der Waals surface area (Å²) in [7, 11) is 0. The summed E-state index contributed by atoms with van der Waals surface area (Å²) in [6.07, 6.45) is 6.42. The first-order valence-electron chi connectivity index (χ1n) is 11.4. The zero-order valence-corrected chi connectivity index (χ0v) is 17.9. The third kappa shape index (κ3) is 4.01. The number of carbonyl (C=O) groups is 2. The van der Waals surface area contributed by atoms with Crippen LogP contribution in [-0.4, -0.2) is 53.4 Å². The summed E-state index contributed by atoms with van der Waals surface area (Å²) in [6, 6.07) is 8.19. The van der Waals surface area contributed by atoms with Gasteiger partial charge in [-0.05, 0) is 44.7 Å². The van der Waals surface area contributed by atoms with Crippen molar-refractivity contribution in [2.24, 2.45) is 5.92 Å². The van der Waals surface area contributed by atoms with E-state index in [1.165, 1.54) is 6.42 Å². The molecule has 1 aromatic rings. The lowest BCUT2D eigenvalue weighted by molar-refractivity contribution is -0.142. The molecule has 0 bridgehead atoms. The van der Waals surface area contributed by atoms with Crippen LogP contribution in [-0.2, 0) is 9.59 Å². The van der Waals surface area contributed by atoms with E-state index in [9.17, 15) is 9.59 Å². The van der Waals surface area contributed by atoms with E-state index < -0.39 is 0 Å². The van der Waals surface area contributed by atoms with Crippen molar-refractivity contribution in [2.75, 3.05) is 26.2 Å². The van der Waals surface area contributed by atoms with Crippen LogP contribution in [0.3, 0.4) is 0 Å². The van der Waals surface area contributed by atoms with Crippen molar-refractivity contribution in [3.8, 4) is 5.75 Å². The van der Waals surface area contributed by atoms with Crippen LogP contribution in [0.2, 0.25) is 0 Å². The minimum Gasteiger partial charge on any atom is -0.487 e. The molecule has 2 aliphatic heterocycles. The number of hydrogen-bond donors (Lipinski definition) is 0. The molecular formula is C24H34N2O3. The third-order valence-corrected chi connectivity index (χ3v) is 7.28. The molecule has 0 unspecified atom stereocenters. The quantitative estimate of drug-likeness (QED) is 0.754. The first-order valence-corrected chi connectivity index (χ1v) is 11.4. The maximum atomic E-state index is 12.8. The van der Waals surface area contributed by atoms with Crippen molar-refractivity contribution >= 4 is 11.8 Å². The fourth-order valence-electron chi connectivity index (χ4n) is 5.20. The van der Waals surface area contributed by atoms with Crippen molar-refractivity contribution in [3.63, 3.8) is 0 Å². The highest BCUT2D eigenvalue weighted by Gasteiger charge is 2.45.